The van der Waals surface area contributed by atoms with E-state index < -0.39 is 17.1 Å². The standard InChI is InChI=1S/C5H6FN3O2S/c1-9(12(10)11)5-7-2-4(6)3-8-5/h2-3H,1H3,(H,10,11)/p-1. The van der Waals surface area contributed by atoms with Gasteiger partial charge in [-0.3, -0.25) is 8.51 Å². The van der Waals surface area contributed by atoms with Crippen LogP contribution >= 0.6 is 0 Å². The van der Waals surface area contributed by atoms with E-state index in [4.69, 9.17) is 0 Å². The van der Waals surface area contributed by atoms with Crippen molar-refractivity contribution in [3.05, 3.63) is 18.2 Å². The second-order valence-electron chi connectivity index (χ2n) is 1.92. The molecular weight excluding hydrogens is 185 g/mol. The predicted octanol–water partition coefficient (Wildman–Crippen LogP) is -0.154. The highest BCUT2D eigenvalue weighted by Crippen LogP contribution is 2.04. The van der Waals surface area contributed by atoms with Gasteiger partial charge in [0.25, 0.3) is 0 Å². The number of aromatic nitrogens is 2. The number of hydrogen-bond acceptors (Lipinski definition) is 4. The summed E-state index contributed by atoms with van der Waals surface area (Å²) >= 11 is -2.43. The Bertz CT molecular complexity index is 291. The Balaban J connectivity index is 2.89. The Kier molecular flexibility index (Phi) is 2.66. The molecule has 66 valence electrons. The summed E-state index contributed by atoms with van der Waals surface area (Å²) in [4.78, 5) is 6.89. The summed E-state index contributed by atoms with van der Waals surface area (Å²) in [6, 6.07) is 0. The molecule has 0 bridgehead atoms. The Morgan fingerprint density at radius 2 is 2.08 bits per heavy atom. The predicted molar refractivity (Wildman–Crippen MR) is 39.3 cm³/mol. The number of halogens is 1. The van der Waals surface area contributed by atoms with Crippen molar-refractivity contribution in [3.8, 4) is 0 Å². The van der Waals surface area contributed by atoms with Crippen LogP contribution in [0.3, 0.4) is 0 Å². The first kappa shape index (κ1) is 9.01. The molecule has 1 unspecified atom stereocenters. The molecule has 0 amide bonds. The first-order chi connectivity index (χ1) is 5.61. The average Bonchev–Trinajstić information content (AvgIpc) is 2.04. The summed E-state index contributed by atoms with van der Waals surface area (Å²) in [7, 11) is 1.26. The first-order valence-electron chi connectivity index (χ1n) is 2.92. The highest BCUT2D eigenvalue weighted by atomic mass is 32.2. The van der Waals surface area contributed by atoms with Crippen LogP contribution in [0.15, 0.2) is 12.4 Å². The average molecular weight is 190 g/mol. The lowest BCUT2D eigenvalue weighted by molar-refractivity contribution is 0.534. The van der Waals surface area contributed by atoms with Crippen molar-refractivity contribution < 1.29 is 13.2 Å². The molecule has 0 fully saturated rings. The molecule has 0 spiro atoms. The Labute approximate surface area is 70.7 Å². The Morgan fingerprint density at radius 3 is 2.50 bits per heavy atom. The smallest absolute Gasteiger partial charge is 0.236 e. The maximum atomic E-state index is 12.3. The minimum Gasteiger partial charge on any atom is -0.755 e. The minimum absolute atomic E-state index is 0.0651. The van der Waals surface area contributed by atoms with E-state index in [0.29, 0.717) is 0 Å². The molecule has 0 aromatic carbocycles. The van der Waals surface area contributed by atoms with Crippen LogP contribution < -0.4 is 4.31 Å². The van der Waals surface area contributed by atoms with Gasteiger partial charge in [0.05, 0.1) is 12.4 Å². The normalized spacial score (nSPS) is 12.6. The van der Waals surface area contributed by atoms with Crippen molar-refractivity contribution in [2.24, 2.45) is 0 Å². The topological polar surface area (TPSA) is 69.2 Å². The van der Waals surface area contributed by atoms with E-state index in [1.165, 1.54) is 7.05 Å². The molecule has 0 aliphatic carbocycles. The van der Waals surface area contributed by atoms with Gasteiger partial charge in [0.1, 0.15) is 0 Å². The molecule has 5 nitrogen and oxygen atoms in total. The van der Waals surface area contributed by atoms with Crippen molar-refractivity contribution in [3.63, 3.8) is 0 Å². The molecule has 1 aromatic rings. The van der Waals surface area contributed by atoms with Crippen LogP contribution in [0.4, 0.5) is 10.3 Å². The van der Waals surface area contributed by atoms with Crippen molar-refractivity contribution in [1.29, 1.82) is 0 Å². The van der Waals surface area contributed by atoms with E-state index in [-0.39, 0.29) is 5.95 Å². The summed E-state index contributed by atoms with van der Waals surface area (Å²) in [6.45, 7) is 0. The van der Waals surface area contributed by atoms with Gasteiger partial charge in [-0.05, 0) is 0 Å². The van der Waals surface area contributed by atoms with E-state index in [2.05, 4.69) is 9.97 Å². The maximum absolute atomic E-state index is 12.3. The molecule has 0 aliphatic rings. The van der Waals surface area contributed by atoms with Crippen molar-refractivity contribution in [1.82, 2.24) is 9.97 Å². The zero-order valence-electron chi connectivity index (χ0n) is 6.10. The summed E-state index contributed by atoms with van der Waals surface area (Å²) < 4.78 is 33.7. The van der Waals surface area contributed by atoms with Crippen LogP contribution in [-0.2, 0) is 11.3 Å². The van der Waals surface area contributed by atoms with Gasteiger partial charge in [-0.15, -0.1) is 0 Å². The monoisotopic (exact) mass is 190 g/mol. The molecule has 1 aromatic heterocycles. The largest absolute Gasteiger partial charge is 0.755 e. The van der Waals surface area contributed by atoms with Gasteiger partial charge < -0.3 is 4.55 Å². The van der Waals surface area contributed by atoms with Gasteiger partial charge >= 0.3 is 0 Å². The lowest BCUT2D eigenvalue weighted by atomic mass is 10.6. The quantitative estimate of drug-likeness (QED) is 0.608. The molecular formula is C5H5FN3O2S-. The SMILES string of the molecule is CN(c1ncc(F)cn1)S(=O)[O-]. The van der Waals surface area contributed by atoms with Gasteiger partial charge in [0.15, 0.2) is 5.82 Å². The summed E-state index contributed by atoms with van der Waals surface area (Å²) in [5.41, 5.74) is 0. The van der Waals surface area contributed by atoms with Crippen molar-refractivity contribution >= 4 is 17.2 Å². The zero-order chi connectivity index (χ0) is 9.14. The van der Waals surface area contributed by atoms with Crippen LogP contribution in [0.25, 0.3) is 0 Å². The molecule has 1 rings (SSSR count). The summed E-state index contributed by atoms with van der Waals surface area (Å²) in [6.07, 6.45) is 1.79. The Hall–Kier alpha value is -1.08. The summed E-state index contributed by atoms with van der Waals surface area (Å²) in [5, 5.41) is 0. The molecule has 1 heterocycles. The van der Waals surface area contributed by atoms with E-state index >= 15 is 0 Å². The maximum Gasteiger partial charge on any atom is 0.236 e. The second-order valence-corrected chi connectivity index (χ2v) is 2.90. The Morgan fingerprint density at radius 1 is 1.58 bits per heavy atom. The lowest BCUT2D eigenvalue weighted by Gasteiger charge is -2.17. The van der Waals surface area contributed by atoms with Crippen LogP contribution in [0.2, 0.25) is 0 Å². The minimum atomic E-state index is -2.43. The molecule has 12 heavy (non-hydrogen) atoms. The van der Waals surface area contributed by atoms with Crippen LogP contribution in [-0.4, -0.2) is 25.8 Å². The fourth-order valence-corrected chi connectivity index (χ4v) is 0.762. The van der Waals surface area contributed by atoms with Gasteiger partial charge in [0, 0.05) is 18.3 Å². The van der Waals surface area contributed by atoms with Crippen LogP contribution in [0, 0.1) is 5.82 Å². The third-order valence-electron chi connectivity index (χ3n) is 1.11. The van der Waals surface area contributed by atoms with Crippen molar-refractivity contribution in [2.75, 3.05) is 11.4 Å². The van der Waals surface area contributed by atoms with E-state index in [9.17, 15) is 13.2 Å². The molecule has 7 heteroatoms. The molecule has 0 saturated heterocycles. The van der Waals surface area contributed by atoms with Gasteiger partial charge in [-0.25, -0.2) is 14.4 Å². The summed E-state index contributed by atoms with van der Waals surface area (Å²) in [5.74, 6) is -0.673. The molecule has 0 saturated carbocycles. The molecule has 0 radical (unpaired) electrons. The molecule has 1 atom stereocenters. The fourth-order valence-electron chi connectivity index (χ4n) is 0.535. The third kappa shape index (κ3) is 1.95. The van der Waals surface area contributed by atoms with Gasteiger partial charge in [-0.1, -0.05) is 0 Å². The zero-order valence-corrected chi connectivity index (χ0v) is 6.92. The van der Waals surface area contributed by atoms with Crippen LogP contribution in [0.1, 0.15) is 0 Å². The number of rotatable bonds is 2. The molecule has 0 N–H and O–H groups in total. The van der Waals surface area contributed by atoms with E-state index in [1.54, 1.807) is 0 Å². The van der Waals surface area contributed by atoms with E-state index in [0.717, 1.165) is 16.7 Å². The number of anilines is 1. The fraction of sp³-hybridized carbons (Fsp3) is 0.200. The second kappa shape index (κ2) is 3.55. The number of hydrogen-bond donors (Lipinski definition) is 0. The van der Waals surface area contributed by atoms with Gasteiger partial charge in [-0.2, -0.15) is 0 Å². The van der Waals surface area contributed by atoms with Crippen molar-refractivity contribution in [2.45, 2.75) is 0 Å². The lowest BCUT2D eigenvalue weighted by Crippen LogP contribution is -2.21. The first-order valence-corrected chi connectivity index (χ1v) is 3.95. The van der Waals surface area contributed by atoms with Gasteiger partial charge in [0.2, 0.25) is 5.95 Å². The highest BCUT2D eigenvalue weighted by molar-refractivity contribution is 7.80. The highest BCUT2D eigenvalue weighted by Gasteiger charge is 2.02. The van der Waals surface area contributed by atoms with E-state index in [1.807, 2.05) is 0 Å². The van der Waals surface area contributed by atoms with Crippen LogP contribution in [0.5, 0.6) is 0 Å². The molecule has 0 aliphatic heterocycles. The number of nitrogens with zero attached hydrogens (tertiary/aromatic N) is 3. The third-order valence-corrected chi connectivity index (χ3v) is 1.72.